The van der Waals surface area contributed by atoms with Gasteiger partial charge in [-0.15, -0.1) is 0 Å². The van der Waals surface area contributed by atoms with Gasteiger partial charge in [0.1, 0.15) is 12.1 Å². The Hall–Kier alpha value is -1.84. The molecule has 0 bridgehead atoms. The molecule has 3 nitrogen and oxygen atoms in total. The SMILES string of the molecule is Clc1ccc(Nc2ncnc3ccc(Cl)cc23)cc1. The van der Waals surface area contributed by atoms with Gasteiger partial charge in [0.2, 0.25) is 0 Å². The molecule has 0 aliphatic carbocycles. The standard InChI is InChI=1S/C14H9Cl2N3/c15-9-1-4-11(5-2-9)19-14-12-7-10(16)3-6-13(12)17-8-18-14/h1-8H,(H,17,18,19). The molecule has 1 aromatic heterocycles. The highest BCUT2D eigenvalue weighted by atomic mass is 35.5. The second kappa shape index (κ2) is 5.03. The van der Waals surface area contributed by atoms with E-state index >= 15 is 0 Å². The number of hydrogen-bond donors (Lipinski definition) is 1. The summed E-state index contributed by atoms with van der Waals surface area (Å²) in [5.41, 5.74) is 1.75. The van der Waals surface area contributed by atoms with Gasteiger partial charge in [-0.05, 0) is 42.5 Å². The fourth-order valence-corrected chi connectivity index (χ4v) is 2.10. The van der Waals surface area contributed by atoms with Crippen molar-refractivity contribution >= 4 is 45.6 Å². The molecule has 94 valence electrons. The van der Waals surface area contributed by atoms with Crippen LogP contribution in [0.25, 0.3) is 10.9 Å². The monoisotopic (exact) mass is 289 g/mol. The van der Waals surface area contributed by atoms with Crippen molar-refractivity contribution in [3.05, 3.63) is 58.8 Å². The summed E-state index contributed by atoms with van der Waals surface area (Å²) in [7, 11) is 0. The third-order valence-electron chi connectivity index (χ3n) is 2.70. The van der Waals surface area contributed by atoms with Gasteiger partial charge in [0.05, 0.1) is 5.52 Å². The summed E-state index contributed by atoms with van der Waals surface area (Å²) >= 11 is 11.9. The quantitative estimate of drug-likeness (QED) is 0.744. The molecule has 19 heavy (non-hydrogen) atoms. The molecule has 3 aromatic rings. The topological polar surface area (TPSA) is 37.8 Å². The normalized spacial score (nSPS) is 10.6. The lowest BCUT2D eigenvalue weighted by Crippen LogP contribution is -1.95. The summed E-state index contributed by atoms with van der Waals surface area (Å²) in [4.78, 5) is 8.46. The van der Waals surface area contributed by atoms with Gasteiger partial charge in [0.15, 0.2) is 0 Å². The van der Waals surface area contributed by atoms with Crippen LogP contribution in [0.5, 0.6) is 0 Å². The van der Waals surface area contributed by atoms with Crippen LogP contribution in [0, 0.1) is 0 Å². The van der Waals surface area contributed by atoms with Crippen LogP contribution in [0.15, 0.2) is 48.8 Å². The number of anilines is 2. The number of halogens is 2. The number of nitrogens with zero attached hydrogens (tertiary/aromatic N) is 2. The molecule has 0 aliphatic heterocycles. The van der Waals surface area contributed by atoms with Crippen molar-refractivity contribution in [3.63, 3.8) is 0 Å². The Kier molecular flexibility index (Phi) is 3.23. The molecule has 0 saturated carbocycles. The zero-order valence-electron chi connectivity index (χ0n) is 9.77. The zero-order valence-corrected chi connectivity index (χ0v) is 11.3. The first kappa shape index (κ1) is 12.2. The Labute approximate surface area is 120 Å². The molecule has 0 saturated heterocycles. The highest BCUT2D eigenvalue weighted by Gasteiger charge is 2.04. The summed E-state index contributed by atoms with van der Waals surface area (Å²) in [6.07, 6.45) is 1.52. The van der Waals surface area contributed by atoms with Crippen molar-refractivity contribution < 1.29 is 0 Å². The average molecular weight is 290 g/mol. The molecular formula is C14H9Cl2N3. The molecule has 5 heteroatoms. The number of aromatic nitrogens is 2. The van der Waals surface area contributed by atoms with Crippen LogP contribution in [-0.4, -0.2) is 9.97 Å². The van der Waals surface area contributed by atoms with Gasteiger partial charge in [0.25, 0.3) is 0 Å². The fraction of sp³-hybridized carbons (Fsp3) is 0. The van der Waals surface area contributed by atoms with Crippen molar-refractivity contribution in [2.24, 2.45) is 0 Å². The lowest BCUT2D eigenvalue weighted by atomic mass is 10.2. The minimum atomic E-state index is 0.654. The van der Waals surface area contributed by atoms with Gasteiger partial charge in [-0.25, -0.2) is 9.97 Å². The second-order valence-corrected chi connectivity index (χ2v) is 4.89. The third-order valence-corrected chi connectivity index (χ3v) is 3.19. The van der Waals surface area contributed by atoms with Crippen molar-refractivity contribution in [2.75, 3.05) is 5.32 Å². The molecule has 0 aliphatic rings. The third kappa shape index (κ3) is 2.62. The molecule has 1 heterocycles. The summed E-state index contributed by atoms with van der Waals surface area (Å²) in [5, 5.41) is 5.46. The highest BCUT2D eigenvalue weighted by Crippen LogP contribution is 2.26. The molecule has 0 spiro atoms. The number of hydrogen-bond acceptors (Lipinski definition) is 3. The number of rotatable bonds is 2. The first-order valence-corrected chi connectivity index (χ1v) is 6.41. The predicted octanol–water partition coefficient (Wildman–Crippen LogP) is 4.68. The second-order valence-electron chi connectivity index (χ2n) is 4.02. The van der Waals surface area contributed by atoms with Crippen molar-refractivity contribution in [1.29, 1.82) is 0 Å². The van der Waals surface area contributed by atoms with Crippen molar-refractivity contribution in [2.45, 2.75) is 0 Å². The zero-order chi connectivity index (χ0) is 13.2. The summed E-state index contributed by atoms with van der Waals surface area (Å²) < 4.78 is 0. The minimum absolute atomic E-state index is 0.654. The number of nitrogens with one attached hydrogen (secondary N) is 1. The van der Waals surface area contributed by atoms with Gasteiger partial charge >= 0.3 is 0 Å². The molecule has 0 fully saturated rings. The van der Waals surface area contributed by atoms with Crippen LogP contribution in [0.2, 0.25) is 10.0 Å². The van der Waals surface area contributed by atoms with Gasteiger partial charge in [-0.3, -0.25) is 0 Å². The van der Waals surface area contributed by atoms with Crippen LogP contribution < -0.4 is 5.32 Å². The molecule has 1 N–H and O–H groups in total. The Bertz CT molecular complexity index is 726. The fourth-order valence-electron chi connectivity index (χ4n) is 1.80. The summed E-state index contributed by atoms with van der Waals surface area (Å²) in [5.74, 6) is 0.717. The number of benzene rings is 2. The molecule has 0 amide bonds. The Balaban J connectivity index is 2.05. The first-order valence-electron chi connectivity index (χ1n) is 5.65. The molecular weight excluding hydrogens is 281 g/mol. The molecule has 2 aromatic carbocycles. The van der Waals surface area contributed by atoms with Gasteiger partial charge in [0, 0.05) is 21.1 Å². The summed E-state index contributed by atoms with van der Waals surface area (Å²) in [6, 6.07) is 12.9. The van der Waals surface area contributed by atoms with E-state index in [-0.39, 0.29) is 0 Å². The molecule has 0 atom stereocenters. The van der Waals surface area contributed by atoms with Crippen LogP contribution >= 0.6 is 23.2 Å². The van der Waals surface area contributed by atoms with Crippen LogP contribution in [0.3, 0.4) is 0 Å². The molecule has 0 radical (unpaired) electrons. The maximum Gasteiger partial charge on any atom is 0.141 e. The van der Waals surface area contributed by atoms with E-state index in [1.54, 1.807) is 0 Å². The van der Waals surface area contributed by atoms with E-state index in [0.717, 1.165) is 22.4 Å². The highest BCUT2D eigenvalue weighted by molar-refractivity contribution is 6.31. The summed E-state index contributed by atoms with van der Waals surface area (Å²) in [6.45, 7) is 0. The predicted molar refractivity (Wildman–Crippen MR) is 79.3 cm³/mol. The lowest BCUT2D eigenvalue weighted by molar-refractivity contribution is 1.22. The van der Waals surface area contributed by atoms with Crippen LogP contribution in [0.1, 0.15) is 0 Å². The maximum absolute atomic E-state index is 6.01. The largest absolute Gasteiger partial charge is 0.340 e. The van der Waals surface area contributed by atoms with Gasteiger partial charge < -0.3 is 5.32 Å². The van der Waals surface area contributed by atoms with Crippen LogP contribution in [-0.2, 0) is 0 Å². The minimum Gasteiger partial charge on any atom is -0.340 e. The van der Waals surface area contributed by atoms with E-state index in [2.05, 4.69) is 15.3 Å². The smallest absolute Gasteiger partial charge is 0.141 e. The van der Waals surface area contributed by atoms with E-state index in [1.165, 1.54) is 6.33 Å². The van der Waals surface area contributed by atoms with Crippen molar-refractivity contribution in [3.8, 4) is 0 Å². The Morgan fingerprint density at radius 1 is 0.842 bits per heavy atom. The van der Waals surface area contributed by atoms with Gasteiger partial charge in [-0.2, -0.15) is 0 Å². The average Bonchev–Trinajstić information content (AvgIpc) is 2.42. The van der Waals surface area contributed by atoms with Gasteiger partial charge in [-0.1, -0.05) is 23.2 Å². The number of fused-ring (bicyclic) bond motifs is 1. The first-order chi connectivity index (χ1) is 9.22. The van der Waals surface area contributed by atoms with E-state index in [9.17, 15) is 0 Å². The Morgan fingerprint density at radius 2 is 1.58 bits per heavy atom. The van der Waals surface area contributed by atoms with Crippen LogP contribution in [0.4, 0.5) is 11.5 Å². The molecule has 3 rings (SSSR count). The van der Waals surface area contributed by atoms with E-state index in [0.29, 0.717) is 10.0 Å². The lowest BCUT2D eigenvalue weighted by Gasteiger charge is -2.08. The van der Waals surface area contributed by atoms with E-state index in [4.69, 9.17) is 23.2 Å². The van der Waals surface area contributed by atoms with E-state index in [1.807, 2.05) is 42.5 Å². The van der Waals surface area contributed by atoms with E-state index < -0.39 is 0 Å². The maximum atomic E-state index is 6.01. The van der Waals surface area contributed by atoms with Crippen molar-refractivity contribution in [1.82, 2.24) is 9.97 Å². The molecule has 0 unspecified atom stereocenters. The Morgan fingerprint density at radius 3 is 2.37 bits per heavy atom.